The van der Waals surface area contributed by atoms with Gasteiger partial charge in [0.2, 0.25) is 0 Å². The standard InChI is InChI=1S/C7H9ClN2O2S/c1-13(11,12)7-4-5(10-9)2-3-6(7)8/h2-4,10H,9H2,1H3. The van der Waals surface area contributed by atoms with Gasteiger partial charge in [-0.3, -0.25) is 5.84 Å². The molecule has 0 aromatic heterocycles. The normalized spacial score (nSPS) is 11.3. The van der Waals surface area contributed by atoms with Crippen molar-refractivity contribution in [2.24, 2.45) is 5.84 Å². The zero-order chi connectivity index (χ0) is 10.1. The van der Waals surface area contributed by atoms with E-state index in [1.54, 1.807) is 6.07 Å². The topological polar surface area (TPSA) is 72.2 Å². The van der Waals surface area contributed by atoms with Crippen molar-refractivity contribution in [2.75, 3.05) is 11.7 Å². The molecule has 0 fully saturated rings. The number of anilines is 1. The summed E-state index contributed by atoms with van der Waals surface area (Å²) in [5.74, 6) is 5.12. The van der Waals surface area contributed by atoms with Crippen LogP contribution in [0.3, 0.4) is 0 Å². The number of benzene rings is 1. The zero-order valence-corrected chi connectivity index (χ0v) is 8.48. The first-order valence-electron chi connectivity index (χ1n) is 3.41. The van der Waals surface area contributed by atoms with Crippen LogP contribution in [0, 0.1) is 0 Å². The van der Waals surface area contributed by atoms with Crippen LogP contribution >= 0.6 is 11.6 Å². The number of sulfone groups is 1. The summed E-state index contributed by atoms with van der Waals surface area (Å²) in [6.07, 6.45) is 1.09. The SMILES string of the molecule is CS(=O)(=O)c1cc(NN)ccc1Cl. The van der Waals surface area contributed by atoms with Gasteiger partial charge in [0.15, 0.2) is 9.84 Å². The highest BCUT2D eigenvalue weighted by atomic mass is 35.5. The molecule has 0 spiro atoms. The number of hydrogen-bond donors (Lipinski definition) is 2. The Hall–Kier alpha value is -0.780. The molecule has 6 heteroatoms. The first kappa shape index (κ1) is 10.3. The molecule has 0 aliphatic carbocycles. The second-order valence-corrected chi connectivity index (χ2v) is 4.95. The predicted octanol–water partition coefficient (Wildman–Crippen LogP) is 1.03. The third kappa shape index (κ3) is 2.33. The number of nitrogens with two attached hydrogens (primary N) is 1. The van der Waals surface area contributed by atoms with Crippen molar-refractivity contribution in [1.82, 2.24) is 0 Å². The smallest absolute Gasteiger partial charge is 0.177 e. The van der Waals surface area contributed by atoms with Crippen LogP contribution in [0.15, 0.2) is 23.1 Å². The van der Waals surface area contributed by atoms with Gasteiger partial charge in [0.05, 0.1) is 9.92 Å². The predicted molar refractivity (Wildman–Crippen MR) is 52.4 cm³/mol. The van der Waals surface area contributed by atoms with Gasteiger partial charge in [0, 0.05) is 11.9 Å². The largest absolute Gasteiger partial charge is 0.324 e. The molecule has 4 nitrogen and oxygen atoms in total. The van der Waals surface area contributed by atoms with Gasteiger partial charge in [0.1, 0.15) is 0 Å². The average molecular weight is 221 g/mol. The lowest BCUT2D eigenvalue weighted by atomic mass is 10.3. The first-order chi connectivity index (χ1) is 5.95. The van der Waals surface area contributed by atoms with E-state index >= 15 is 0 Å². The van der Waals surface area contributed by atoms with E-state index in [9.17, 15) is 8.42 Å². The van der Waals surface area contributed by atoms with Gasteiger partial charge < -0.3 is 5.43 Å². The minimum absolute atomic E-state index is 0.0737. The van der Waals surface area contributed by atoms with Crippen molar-refractivity contribution in [1.29, 1.82) is 0 Å². The van der Waals surface area contributed by atoms with Gasteiger partial charge in [-0.05, 0) is 18.2 Å². The molecule has 0 unspecified atom stereocenters. The highest BCUT2D eigenvalue weighted by Gasteiger charge is 2.12. The van der Waals surface area contributed by atoms with Crippen LogP contribution in [0.4, 0.5) is 5.69 Å². The summed E-state index contributed by atoms with van der Waals surface area (Å²) >= 11 is 5.69. The van der Waals surface area contributed by atoms with E-state index in [0.29, 0.717) is 5.69 Å². The third-order valence-electron chi connectivity index (χ3n) is 1.50. The van der Waals surface area contributed by atoms with Crippen molar-refractivity contribution in [3.8, 4) is 0 Å². The fourth-order valence-corrected chi connectivity index (χ4v) is 2.18. The molecule has 0 saturated carbocycles. The van der Waals surface area contributed by atoms with Crippen molar-refractivity contribution in [3.63, 3.8) is 0 Å². The van der Waals surface area contributed by atoms with E-state index in [1.165, 1.54) is 12.1 Å². The molecule has 0 bridgehead atoms. The lowest BCUT2D eigenvalue weighted by Crippen LogP contribution is -2.08. The number of hydrazine groups is 1. The lowest BCUT2D eigenvalue weighted by Gasteiger charge is -2.04. The Morgan fingerprint density at radius 2 is 2.08 bits per heavy atom. The van der Waals surface area contributed by atoms with Gasteiger partial charge in [-0.25, -0.2) is 8.42 Å². The van der Waals surface area contributed by atoms with Gasteiger partial charge in [-0.2, -0.15) is 0 Å². The van der Waals surface area contributed by atoms with E-state index in [-0.39, 0.29) is 9.92 Å². The summed E-state index contributed by atoms with van der Waals surface area (Å²) in [7, 11) is -3.29. The molecular formula is C7H9ClN2O2S. The highest BCUT2D eigenvalue weighted by molar-refractivity contribution is 7.90. The van der Waals surface area contributed by atoms with Crippen LogP contribution in [0.25, 0.3) is 0 Å². The van der Waals surface area contributed by atoms with Crippen LogP contribution in [-0.2, 0) is 9.84 Å². The van der Waals surface area contributed by atoms with Crippen LogP contribution < -0.4 is 11.3 Å². The fraction of sp³-hybridized carbons (Fsp3) is 0.143. The minimum Gasteiger partial charge on any atom is -0.324 e. The van der Waals surface area contributed by atoms with Crippen LogP contribution in [0.1, 0.15) is 0 Å². The third-order valence-corrected chi connectivity index (χ3v) is 3.08. The van der Waals surface area contributed by atoms with E-state index in [4.69, 9.17) is 17.4 Å². The molecule has 0 amide bonds. The molecule has 13 heavy (non-hydrogen) atoms. The summed E-state index contributed by atoms with van der Waals surface area (Å²) in [5, 5.41) is 0.196. The van der Waals surface area contributed by atoms with Gasteiger partial charge in [-0.15, -0.1) is 0 Å². The summed E-state index contributed by atoms with van der Waals surface area (Å²) in [4.78, 5) is 0.0737. The van der Waals surface area contributed by atoms with Crippen LogP contribution in [0.5, 0.6) is 0 Å². The van der Waals surface area contributed by atoms with E-state index in [0.717, 1.165) is 6.26 Å². The van der Waals surface area contributed by atoms with Crippen molar-refractivity contribution in [3.05, 3.63) is 23.2 Å². The second-order valence-electron chi connectivity index (χ2n) is 2.56. The Morgan fingerprint density at radius 1 is 1.46 bits per heavy atom. The number of nitrogen functional groups attached to an aromatic ring is 1. The van der Waals surface area contributed by atoms with Crippen LogP contribution in [0.2, 0.25) is 5.02 Å². The van der Waals surface area contributed by atoms with Crippen LogP contribution in [-0.4, -0.2) is 14.7 Å². The number of rotatable bonds is 2. The molecule has 0 aliphatic rings. The van der Waals surface area contributed by atoms with E-state index in [2.05, 4.69) is 5.43 Å². The Bertz CT molecular complexity index is 417. The van der Waals surface area contributed by atoms with Crippen molar-refractivity contribution >= 4 is 27.1 Å². The molecular weight excluding hydrogens is 212 g/mol. The maximum atomic E-state index is 11.2. The average Bonchev–Trinajstić information content (AvgIpc) is 2.03. The second kappa shape index (κ2) is 3.53. The number of hydrogen-bond acceptors (Lipinski definition) is 4. The maximum absolute atomic E-state index is 11.2. The molecule has 1 rings (SSSR count). The fourth-order valence-electron chi connectivity index (χ4n) is 0.877. The summed E-state index contributed by atoms with van der Waals surface area (Å²) in [6, 6.07) is 4.46. The lowest BCUT2D eigenvalue weighted by molar-refractivity contribution is 0.602. The van der Waals surface area contributed by atoms with Crippen molar-refractivity contribution in [2.45, 2.75) is 4.90 Å². The molecule has 0 atom stereocenters. The Labute approximate surface area is 81.6 Å². The minimum atomic E-state index is -3.29. The number of nitrogens with one attached hydrogen (secondary N) is 1. The van der Waals surface area contributed by atoms with Gasteiger partial charge >= 0.3 is 0 Å². The first-order valence-corrected chi connectivity index (χ1v) is 5.68. The summed E-state index contributed by atoms with van der Waals surface area (Å²) in [6.45, 7) is 0. The molecule has 1 aromatic rings. The Morgan fingerprint density at radius 3 is 2.54 bits per heavy atom. The Balaban J connectivity index is 3.36. The van der Waals surface area contributed by atoms with E-state index < -0.39 is 9.84 Å². The Kier molecular flexibility index (Phi) is 2.80. The highest BCUT2D eigenvalue weighted by Crippen LogP contribution is 2.24. The quantitative estimate of drug-likeness (QED) is 0.577. The summed E-state index contributed by atoms with van der Waals surface area (Å²) < 4.78 is 22.3. The molecule has 0 radical (unpaired) electrons. The molecule has 72 valence electrons. The monoisotopic (exact) mass is 220 g/mol. The van der Waals surface area contributed by atoms with Crippen molar-refractivity contribution < 1.29 is 8.42 Å². The maximum Gasteiger partial charge on any atom is 0.177 e. The van der Waals surface area contributed by atoms with Gasteiger partial charge in [-0.1, -0.05) is 11.6 Å². The number of halogens is 1. The summed E-state index contributed by atoms with van der Waals surface area (Å²) in [5.41, 5.74) is 2.85. The van der Waals surface area contributed by atoms with E-state index in [1.807, 2.05) is 0 Å². The molecule has 0 saturated heterocycles. The molecule has 3 N–H and O–H groups in total. The molecule has 0 heterocycles. The molecule has 1 aromatic carbocycles. The zero-order valence-electron chi connectivity index (χ0n) is 6.91. The van der Waals surface area contributed by atoms with Gasteiger partial charge in [0.25, 0.3) is 0 Å². The molecule has 0 aliphatic heterocycles.